The van der Waals surface area contributed by atoms with Gasteiger partial charge >= 0.3 is 0 Å². The van der Waals surface area contributed by atoms with E-state index in [0.717, 1.165) is 11.3 Å². The summed E-state index contributed by atoms with van der Waals surface area (Å²) < 4.78 is 16.4. The third-order valence-electron chi connectivity index (χ3n) is 5.20. The lowest BCUT2D eigenvalue weighted by Crippen LogP contribution is -2.49. The van der Waals surface area contributed by atoms with Gasteiger partial charge in [-0.1, -0.05) is 23.9 Å². The Kier molecular flexibility index (Phi) is 5.29. The van der Waals surface area contributed by atoms with E-state index in [0.29, 0.717) is 48.8 Å². The second-order valence-electron chi connectivity index (χ2n) is 7.09. The first-order valence-electron chi connectivity index (χ1n) is 9.84. The van der Waals surface area contributed by atoms with Crippen molar-refractivity contribution in [1.29, 1.82) is 0 Å². The number of phenolic OH excluding ortho intramolecular Hbond substituents is 1. The number of rotatable bonds is 5. The number of benzene rings is 2. The number of carbonyl (C=O) groups excluding carboxylic acids is 1. The summed E-state index contributed by atoms with van der Waals surface area (Å²) in [5.41, 5.74) is 1.53. The van der Waals surface area contributed by atoms with E-state index in [1.165, 1.54) is 11.8 Å². The fourth-order valence-corrected chi connectivity index (χ4v) is 4.22. The minimum absolute atomic E-state index is 0.0183. The molecule has 31 heavy (non-hydrogen) atoms. The lowest BCUT2D eigenvalue weighted by Gasteiger charge is -2.36. The number of hydrogen-bond donors (Lipinski definition) is 1. The van der Waals surface area contributed by atoms with Gasteiger partial charge in [0.1, 0.15) is 5.75 Å². The molecule has 0 aliphatic carbocycles. The lowest BCUT2D eigenvalue weighted by atomic mass is 10.2. The molecular weight excluding hydrogens is 420 g/mol. The number of piperazine rings is 1. The van der Waals surface area contributed by atoms with E-state index in [9.17, 15) is 9.90 Å². The van der Waals surface area contributed by atoms with Gasteiger partial charge in [-0.25, -0.2) is 0 Å². The van der Waals surface area contributed by atoms with E-state index >= 15 is 0 Å². The molecule has 10 heteroatoms. The summed E-state index contributed by atoms with van der Waals surface area (Å²) >= 11 is 1.22. The Bertz CT molecular complexity index is 1100. The molecular formula is C21H20N4O5S. The van der Waals surface area contributed by atoms with Crippen molar-refractivity contribution in [2.24, 2.45) is 0 Å². The van der Waals surface area contributed by atoms with Crippen molar-refractivity contribution in [1.82, 2.24) is 15.1 Å². The average molecular weight is 440 g/mol. The number of aromatic hydroxyl groups is 1. The van der Waals surface area contributed by atoms with Crippen molar-refractivity contribution >= 4 is 23.4 Å². The van der Waals surface area contributed by atoms with Crippen molar-refractivity contribution in [2.75, 3.05) is 43.6 Å². The number of phenols is 1. The van der Waals surface area contributed by atoms with E-state index in [4.69, 9.17) is 13.9 Å². The van der Waals surface area contributed by atoms with Crippen molar-refractivity contribution in [3.63, 3.8) is 0 Å². The molecule has 1 fully saturated rings. The topological polar surface area (TPSA) is 101 Å². The van der Waals surface area contributed by atoms with E-state index < -0.39 is 0 Å². The van der Waals surface area contributed by atoms with Gasteiger partial charge in [0.2, 0.25) is 18.6 Å². The summed E-state index contributed by atoms with van der Waals surface area (Å²) in [6, 6.07) is 12.7. The number of fused-ring (bicyclic) bond motifs is 1. The number of thioether (sulfide) groups is 1. The maximum absolute atomic E-state index is 12.6. The number of carbonyl (C=O) groups is 1. The van der Waals surface area contributed by atoms with Gasteiger partial charge in [0, 0.05) is 31.7 Å². The Morgan fingerprint density at radius 1 is 1.03 bits per heavy atom. The second-order valence-corrected chi connectivity index (χ2v) is 8.01. The molecule has 1 amide bonds. The van der Waals surface area contributed by atoms with Crippen LogP contribution < -0.4 is 14.4 Å². The van der Waals surface area contributed by atoms with E-state index in [-0.39, 0.29) is 24.2 Å². The third kappa shape index (κ3) is 4.11. The zero-order valence-corrected chi connectivity index (χ0v) is 17.4. The standard InChI is InChI=1S/C21H20N4O5S/c26-16-4-2-1-3-15(16)24-7-9-25(10-8-24)19(27)12-31-21-23-22-20(30-21)14-5-6-17-18(11-14)29-13-28-17/h1-6,11,26H,7-10,12-13H2. The molecule has 160 valence electrons. The Balaban J connectivity index is 1.14. The van der Waals surface area contributed by atoms with Crippen molar-refractivity contribution in [3.8, 4) is 28.7 Å². The fourth-order valence-electron chi connectivity index (χ4n) is 3.56. The first kappa shape index (κ1) is 19.6. The Morgan fingerprint density at radius 2 is 1.84 bits per heavy atom. The SMILES string of the molecule is O=C(CSc1nnc(-c2ccc3c(c2)OCO3)o1)N1CCN(c2ccccc2O)CC1. The van der Waals surface area contributed by atoms with Crippen LogP contribution in [-0.4, -0.2) is 64.8 Å². The largest absolute Gasteiger partial charge is 0.506 e. The van der Waals surface area contributed by atoms with E-state index in [1.807, 2.05) is 23.1 Å². The summed E-state index contributed by atoms with van der Waals surface area (Å²) in [4.78, 5) is 16.5. The van der Waals surface area contributed by atoms with E-state index in [1.54, 1.807) is 24.3 Å². The van der Waals surface area contributed by atoms with Crippen molar-refractivity contribution in [3.05, 3.63) is 42.5 Å². The summed E-state index contributed by atoms with van der Waals surface area (Å²) in [6.07, 6.45) is 0. The van der Waals surface area contributed by atoms with Gasteiger partial charge in [0.15, 0.2) is 11.5 Å². The Hall–Kier alpha value is -3.40. The predicted octanol–water partition coefficient (Wildman–Crippen LogP) is 2.61. The molecule has 2 aromatic carbocycles. The Labute approximate surface area is 182 Å². The predicted molar refractivity (Wildman–Crippen MR) is 113 cm³/mol. The van der Waals surface area contributed by atoms with Gasteiger partial charge in [-0.15, -0.1) is 10.2 Å². The number of para-hydroxylation sites is 2. The van der Waals surface area contributed by atoms with Crippen LogP contribution in [-0.2, 0) is 4.79 Å². The molecule has 0 saturated carbocycles. The van der Waals surface area contributed by atoms with Crippen LogP contribution in [0.15, 0.2) is 52.1 Å². The molecule has 3 aromatic rings. The maximum atomic E-state index is 12.6. The van der Waals surface area contributed by atoms with Crippen LogP contribution in [0.5, 0.6) is 17.2 Å². The molecule has 0 spiro atoms. The maximum Gasteiger partial charge on any atom is 0.277 e. The molecule has 1 saturated heterocycles. The quantitative estimate of drug-likeness (QED) is 0.600. The molecule has 0 radical (unpaired) electrons. The monoisotopic (exact) mass is 440 g/mol. The first-order chi connectivity index (χ1) is 15.2. The smallest absolute Gasteiger partial charge is 0.277 e. The zero-order valence-electron chi connectivity index (χ0n) is 16.6. The molecule has 1 aromatic heterocycles. The van der Waals surface area contributed by atoms with Crippen LogP contribution >= 0.6 is 11.8 Å². The van der Waals surface area contributed by atoms with Crippen LogP contribution in [0.2, 0.25) is 0 Å². The van der Waals surface area contributed by atoms with Crippen LogP contribution in [0, 0.1) is 0 Å². The lowest BCUT2D eigenvalue weighted by molar-refractivity contribution is -0.128. The molecule has 0 bridgehead atoms. The third-order valence-corrected chi connectivity index (χ3v) is 6.00. The number of hydrogen-bond acceptors (Lipinski definition) is 9. The molecule has 2 aliphatic heterocycles. The molecule has 2 aliphatic rings. The highest BCUT2D eigenvalue weighted by Gasteiger charge is 2.23. The fraction of sp³-hybridized carbons (Fsp3) is 0.286. The minimum Gasteiger partial charge on any atom is -0.506 e. The zero-order chi connectivity index (χ0) is 21.2. The van der Waals surface area contributed by atoms with Gasteiger partial charge in [-0.05, 0) is 30.3 Å². The molecule has 9 nitrogen and oxygen atoms in total. The number of ether oxygens (including phenoxy) is 2. The van der Waals surface area contributed by atoms with E-state index in [2.05, 4.69) is 15.1 Å². The van der Waals surface area contributed by atoms with Crippen molar-refractivity contribution in [2.45, 2.75) is 5.22 Å². The van der Waals surface area contributed by atoms with Gasteiger partial charge in [-0.3, -0.25) is 4.79 Å². The second kappa shape index (κ2) is 8.38. The number of amides is 1. The van der Waals surface area contributed by atoms with Crippen LogP contribution in [0.1, 0.15) is 0 Å². The summed E-state index contributed by atoms with van der Waals surface area (Å²) in [6.45, 7) is 2.73. The van der Waals surface area contributed by atoms with Gasteiger partial charge < -0.3 is 28.8 Å². The minimum atomic E-state index is 0.0183. The molecule has 1 N–H and O–H groups in total. The van der Waals surface area contributed by atoms with Gasteiger partial charge in [0.25, 0.3) is 5.22 Å². The van der Waals surface area contributed by atoms with Gasteiger partial charge in [-0.2, -0.15) is 0 Å². The molecule has 3 heterocycles. The van der Waals surface area contributed by atoms with Crippen LogP contribution in [0.25, 0.3) is 11.5 Å². The Morgan fingerprint density at radius 3 is 2.68 bits per heavy atom. The summed E-state index contributed by atoms with van der Waals surface area (Å²) in [5.74, 6) is 2.19. The number of aromatic nitrogens is 2. The van der Waals surface area contributed by atoms with Crippen LogP contribution in [0.3, 0.4) is 0 Å². The highest BCUT2D eigenvalue weighted by Crippen LogP contribution is 2.36. The normalized spacial score (nSPS) is 15.4. The summed E-state index contributed by atoms with van der Waals surface area (Å²) in [5, 5.41) is 18.5. The average Bonchev–Trinajstić information content (AvgIpc) is 3.47. The van der Waals surface area contributed by atoms with Gasteiger partial charge in [0.05, 0.1) is 11.4 Å². The van der Waals surface area contributed by atoms with Crippen LogP contribution in [0.4, 0.5) is 5.69 Å². The number of nitrogens with zero attached hydrogens (tertiary/aromatic N) is 4. The highest BCUT2D eigenvalue weighted by molar-refractivity contribution is 7.99. The summed E-state index contributed by atoms with van der Waals surface area (Å²) in [7, 11) is 0. The number of anilines is 1. The molecule has 0 unspecified atom stereocenters. The highest BCUT2D eigenvalue weighted by atomic mass is 32.2. The molecule has 5 rings (SSSR count). The molecule has 0 atom stereocenters. The first-order valence-corrected chi connectivity index (χ1v) is 10.8. The van der Waals surface area contributed by atoms with Crippen molar-refractivity contribution < 1.29 is 23.8 Å².